The summed E-state index contributed by atoms with van der Waals surface area (Å²) in [5.41, 5.74) is 1.42. The summed E-state index contributed by atoms with van der Waals surface area (Å²) in [4.78, 5) is 14.0. The van der Waals surface area contributed by atoms with Gasteiger partial charge in [-0.3, -0.25) is 0 Å². The van der Waals surface area contributed by atoms with Crippen molar-refractivity contribution in [2.75, 3.05) is 32.6 Å². The third-order valence-corrected chi connectivity index (χ3v) is 4.07. The highest BCUT2D eigenvalue weighted by molar-refractivity contribution is 5.89. The van der Waals surface area contributed by atoms with Gasteiger partial charge in [0.1, 0.15) is 18.1 Å². The van der Waals surface area contributed by atoms with Crippen LogP contribution < -0.4 is 14.8 Å². The fraction of sp³-hybridized carbons (Fsp3) is 0.263. The van der Waals surface area contributed by atoms with Crippen molar-refractivity contribution in [3.8, 4) is 17.2 Å². The van der Waals surface area contributed by atoms with Crippen molar-refractivity contribution in [2.24, 2.45) is 0 Å². The fourth-order valence-electron chi connectivity index (χ4n) is 2.48. The zero-order valence-corrected chi connectivity index (χ0v) is 16.0. The van der Waals surface area contributed by atoms with Crippen molar-refractivity contribution in [2.45, 2.75) is 6.92 Å². The lowest BCUT2D eigenvalue weighted by molar-refractivity contribution is 0.207. The lowest BCUT2D eigenvalue weighted by Gasteiger charge is -2.18. The Kier molecular flexibility index (Phi) is 6.05. The van der Waals surface area contributed by atoms with Crippen LogP contribution in [0, 0.1) is 6.92 Å². The molecule has 1 aromatic heterocycles. The summed E-state index contributed by atoms with van der Waals surface area (Å²) in [6.45, 7) is 2.62. The van der Waals surface area contributed by atoms with Crippen molar-refractivity contribution >= 4 is 11.7 Å². The Bertz CT molecular complexity index is 925. The molecule has 9 nitrogen and oxygen atoms in total. The van der Waals surface area contributed by atoms with Gasteiger partial charge >= 0.3 is 6.03 Å². The van der Waals surface area contributed by atoms with Crippen molar-refractivity contribution in [1.82, 2.24) is 25.1 Å². The zero-order valence-electron chi connectivity index (χ0n) is 16.0. The highest BCUT2D eigenvalue weighted by Gasteiger charge is 2.10. The molecule has 28 heavy (non-hydrogen) atoms. The van der Waals surface area contributed by atoms with E-state index in [2.05, 4.69) is 20.8 Å². The molecule has 0 saturated heterocycles. The highest BCUT2D eigenvalue weighted by Crippen LogP contribution is 2.17. The van der Waals surface area contributed by atoms with Crippen molar-refractivity contribution < 1.29 is 14.3 Å². The molecule has 0 atom stereocenters. The van der Waals surface area contributed by atoms with Gasteiger partial charge in [0, 0.05) is 12.7 Å². The fourth-order valence-corrected chi connectivity index (χ4v) is 2.48. The van der Waals surface area contributed by atoms with Gasteiger partial charge in [-0.25, -0.2) is 4.79 Å². The number of nitrogens with zero attached hydrogens (tertiary/aromatic N) is 5. The average molecular weight is 382 g/mol. The SMILES string of the molecule is COc1ccc(OCCN(C)C(=O)Nc2cccc(-n3nnnc3C)c2)cc1. The summed E-state index contributed by atoms with van der Waals surface area (Å²) >= 11 is 0. The molecule has 0 aliphatic rings. The van der Waals surface area contributed by atoms with Crippen molar-refractivity contribution in [1.29, 1.82) is 0 Å². The molecule has 9 heteroatoms. The number of aryl methyl sites for hydroxylation is 1. The van der Waals surface area contributed by atoms with Crippen LogP contribution in [0.4, 0.5) is 10.5 Å². The smallest absolute Gasteiger partial charge is 0.321 e. The molecule has 0 spiro atoms. The summed E-state index contributed by atoms with van der Waals surface area (Å²) < 4.78 is 12.4. The predicted molar refractivity (Wildman–Crippen MR) is 104 cm³/mol. The number of likely N-dealkylation sites (N-methyl/N-ethyl adjacent to an activating group) is 1. The number of rotatable bonds is 7. The number of aromatic nitrogens is 4. The Labute approximate surface area is 162 Å². The van der Waals surface area contributed by atoms with Crippen LogP contribution in [0.1, 0.15) is 5.82 Å². The minimum Gasteiger partial charge on any atom is -0.497 e. The van der Waals surface area contributed by atoms with Gasteiger partial charge in [0.05, 0.1) is 19.3 Å². The number of carbonyl (C=O) groups excluding carboxylic acids is 1. The number of tetrazole rings is 1. The molecule has 0 saturated carbocycles. The minimum absolute atomic E-state index is 0.232. The number of benzene rings is 2. The maximum absolute atomic E-state index is 12.4. The lowest BCUT2D eigenvalue weighted by atomic mass is 10.3. The second-order valence-electron chi connectivity index (χ2n) is 6.06. The molecule has 146 valence electrons. The van der Waals surface area contributed by atoms with Gasteiger partial charge in [0.15, 0.2) is 5.82 Å². The summed E-state index contributed by atoms with van der Waals surface area (Å²) in [5.74, 6) is 2.15. The number of carbonyl (C=O) groups is 1. The molecule has 3 aromatic rings. The van der Waals surface area contributed by atoms with E-state index in [1.165, 1.54) is 0 Å². The van der Waals surface area contributed by atoms with Gasteiger partial charge in [-0.2, -0.15) is 4.68 Å². The van der Waals surface area contributed by atoms with E-state index in [1.807, 2.05) is 55.5 Å². The second kappa shape index (κ2) is 8.85. The molecule has 0 aliphatic carbocycles. The van der Waals surface area contributed by atoms with Gasteiger partial charge in [0.25, 0.3) is 0 Å². The molecular formula is C19H22N6O3. The van der Waals surface area contributed by atoms with E-state index in [0.717, 1.165) is 17.2 Å². The molecule has 0 fully saturated rings. The van der Waals surface area contributed by atoms with E-state index >= 15 is 0 Å². The number of hydrogen-bond acceptors (Lipinski definition) is 6. The summed E-state index contributed by atoms with van der Waals surface area (Å²) in [6.07, 6.45) is 0. The molecule has 0 bridgehead atoms. The maximum atomic E-state index is 12.4. The molecule has 2 amide bonds. The van der Waals surface area contributed by atoms with Crippen LogP contribution in [-0.4, -0.2) is 58.4 Å². The Hall–Kier alpha value is -3.62. The molecule has 0 radical (unpaired) electrons. The van der Waals surface area contributed by atoms with Crippen LogP contribution in [0.2, 0.25) is 0 Å². The number of anilines is 1. The Balaban J connectivity index is 1.52. The van der Waals surface area contributed by atoms with Crippen LogP contribution in [-0.2, 0) is 0 Å². The Morgan fingerprint density at radius 1 is 1.18 bits per heavy atom. The third kappa shape index (κ3) is 4.76. The molecule has 2 aromatic carbocycles. The molecule has 0 unspecified atom stereocenters. The predicted octanol–water partition coefficient (Wildman–Crippen LogP) is 2.52. The normalized spacial score (nSPS) is 10.4. The average Bonchev–Trinajstić information content (AvgIpc) is 3.14. The van der Waals surface area contributed by atoms with Gasteiger partial charge in [-0.05, 0) is 59.8 Å². The van der Waals surface area contributed by atoms with Crippen LogP contribution in [0.15, 0.2) is 48.5 Å². The van der Waals surface area contributed by atoms with Gasteiger partial charge in [-0.1, -0.05) is 6.07 Å². The largest absolute Gasteiger partial charge is 0.497 e. The van der Waals surface area contributed by atoms with Gasteiger partial charge < -0.3 is 19.7 Å². The molecular weight excluding hydrogens is 360 g/mol. The monoisotopic (exact) mass is 382 g/mol. The van der Waals surface area contributed by atoms with E-state index in [-0.39, 0.29) is 6.03 Å². The molecule has 3 rings (SSSR count). The van der Waals surface area contributed by atoms with E-state index in [0.29, 0.717) is 24.7 Å². The summed E-state index contributed by atoms with van der Waals surface area (Å²) in [5, 5.41) is 14.3. The Morgan fingerprint density at radius 2 is 1.93 bits per heavy atom. The van der Waals surface area contributed by atoms with Gasteiger partial charge in [0.2, 0.25) is 0 Å². The van der Waals surface area contributed by atoms with Crippen LogP contribution >= 0.6 is 0 Å². The Morgan fingerprint density at radius 3 is 2.61 bits per heavy atom. The van der Waals surface area contributed by atoms with Crippen molar-refractivity contribution in [3.05, 3.63) is 54.4 Å². The zero-order chi connectivity index (χ0) is 19.9. The minimum atomic E-state index is -0.232. The number of ether oxygens (including phenoxy) is 2. The molecule has 1 heterocycles. The topological polar surface area (TPSA) is 94.4 Å². The van der Waals surface area contributed by atoms with Gasteiger partial charge in [-0.15, -0.1) is 5.10 Å². The number of urea groups is 1. The number of methoxy groups -OCH3 is 1. The quantitative estimate of drug-likeness (QED) is 0.675. The molecule has 1 N–H and O–H groups in total. The number of hydrogen-bond donors (Lipinski definition) is 1. The van der Waals surface area contributed by atoms with E-state index < -0.39 is 0 Å². The summed E-state index contributed by atoms with van der Waals surface area (Å²) in [6, 6.07) is 14.4. The first-order valence-corrected chi connectivity index (χ1v) is 8.71. The van der Waals surface area contributed by atoms with Crippen molar-refractivity contribution in [3.63, 3.8) is 0 Å². The first kappa shape index (κ1) is 19.2. The third-order valence-electron chi connectivity index (χ3n) is 4.07. The van der Waals surface area contributed by atoms with Crippen LogP contribution in [0.5, 0.6) is 11.5 Å². The number of nitrogens with one attached hydrogen (secondary N) is 1. The first-order valence-electron chi connectivity index (χ1n) is 8.71. The standard InChI is InChI=1S/C19H22N6O3/c1-14-21-22-23-25(14)16-6-4-5-15(13-16)20-19(26)24(2)11-12-28-18-9-7-17(27-3)8-10-18/h4-10,13H,11-12H2,1-3H3,(H,20,26). The maximum Gasteiger partial charge on any atom is 0.321 e. The van der Waals surface area contributed by atoms with Crippen LogP contribution in [0.3, 0.4) is 0 Å². The second-order valence-corrected chi connectivity index (χ2v) is 6.06. The molecule has 0 aliphatic heterocycles. The summed E-state index contributed by atoms with van der Waals surface area (Å²) in [7, 11) is 3.32. The van der Waals surface area contributed by atoms with E-state index in [9.17, 15) is 4.79 Å². The van der Waals surface area contributed by atoms with E-state index in [4.69, 9.17) is 9.47 Å². The lowest BCUT2D eigenvalue weighted by Crippen LogP contribution is -2.34. The van der Waals surface area contributed by atoms with E-state index in [1.54, 1.807) is 23.7 Å². The van der Waals surface area contributed by atoms with Crippen LogP contribution in [0.25, 0.3) is 5.69 Å². The number of amides is 2. The highest BCUT2D eigenvalue weighted by atomic mass is 16.5. The first-order chi connectivity index (χ1) is 13.6.